The summed E-state index contributed by atoms with van der Waals surface area (Å²) in [5.74, 6) is 0.119. The van der Waals surface area contributed by atoms with E-state index in [-0.39, 0.29) is 17.5 Å². The molecule has 0 bridgehead atoms. The second-order valence-corrected chi connectivity index (χ2v) is 6.15. The molecule has 1 rings (SSSR count). The minimum atomic E-state index is 0.119. The molecule has 112 valence electrons. The van der Waals surface area contributed by atoms with E-state index in [0.29, 0.717) is 13.0 Å². The highest BCUT2D eigenvalue weighted by molar-refractivity contribution is 5.76. The maximum atomic E-state index is 11.8. The van der Waals surface area contributed by atoms with Crippen LogP contribution in [0.3, 0.4) is 0 Å². The van der Waals surface area contributed by atoms with Crippen LogP contribution in [-0.4, -0.2) is 67.1 Å². The molecule has 1 aliphatic heterocycles. The van der Waals surface area contributed by atoms with Crippen LogP contribution in [0.1, 0.15) is 33.6 Å². The second-order valence-electron chi connectivity index (χ2n) is 6.15. The number of nitrogens with zero attached hydrogens (tertiary/aromatic N) is 2. The molecule has 0 spiro atoms. The largest absolute Gasteiger partial charge is 0.356 e. The second kappa shape index (κ2) is 7.22. The van der Waals surface area contributed by atoms with Crippen LogP contribution < -0.4 is 11.1 Å². The Morgan fingerprint density at radius 1 is 1.42 bits per heavy atom. The van der Waals surface area contributed by atoms with Crippen LogP contribution in [0.25, 0.3) is 0 Å². The van der Waals surface area contributed by atoms with E-state index in [9.17, 15) is 4.79 Å². The third-order valence-corrected chi connectivity index (χ3v) is 4.13. The first-order valence-electron chi connectivity index (χ1n) is 7.32. The zero-order chi connectivity index (χ0) is 14.5. The molecule has 1 atom stereocenters. The predicted octanol–water partition coefficient (Wildman–Crippen LogP) is 0.256. The van der Waals surface area contributed by atoms with E-state index >= 15 is 0 Å². The zero-order valence-electron chi connectivity index (χ0n) is 12.9. The summed E-state index contributed by atoms with van der Waals surface area (Å²) in [5, 5.41) is 2.93. The first-order chi connectivity index (χ1) is 8.90. The van der Waals surface area contributed by atoms with Crippen molar-refractivity contribution in [3.8, 4) is 0 Å². The number of amides is 1. The number of hydrogen-bond donors (Lipinski definition) is 2. The first kappa shape index (κ1) is 16.4. The highest BCUT2D eigenvalue weighted by Crippen LogP contribution is 2.21. The van der Waals surface area contributed by atoms with Crippen molar-refractivity contribution in [3.05, 3.63) is 0 Å². The Balaban J connectivity index is 2.53. The quantitative estimate of drug-likeness (QED) is 0.726. The van der Waals surface area contributed by atoms with Gasteiger partial charge in [0.05, 0.1) is 0 Å². The van der Waals surface area contributed by atoms with Gasteiger partial charge in [0, 0.05) is 50.7 Å². The molecule has 5 nitrogen and oxygen atoms in total. The molecule has 0 radical (unpaired) electrons. The summed E-state index contributed by atoms with van der Waals surface area (Å²) in [7, 11) is 2.16. The Morgan fingerprint density at radius 3 is 2.63 bits per heavy atom. The number of carbonyl (C=O) groups excluding carboxylic acids is 1. The van der Waals surface area contributed by atoms with Crippen LogP contribution in [0.4, 0.5) is 0 Å². The van der Waals surface area contributed by atoms with Crippen LogP contribution in [0, 0.1) is 0 Å². The number of piperazine rings is 1. The van der Waals surface area contributed by atoms with Crippen molar-refractivity contribution in [2.45, 2.75) is 45.2 Å². The molecule has 0 aromatic rings. The lowest BCUT2D eigenvalue weighted by Crippen LogP contribution is -2.61. The van der Waals surface area contributed by atoms with Gasteiger partial charge in [-0.2, -0.15) is 0 Å². The highest BCUT2D eigenvalue weighted by atomic mass is 16.1. The van der Waals surface area contributed by atoms with Crippen LogP contribution in [0.15, 0.2) is 0 Å². The van der Waals surface area contributed by atoms with E-state index in [2.05, 4.69) is 42.9 Å². The SMILES string of the molecule is CCCNC(=O)CC(CN)N1CCN(C)C(C)(C)C1. The smallest absolute Gasteiger partial charge is 0.221 e. The number of carbonyl (C=O) groups is 1. The van der Waals surface area contributed by atoms with Gasteiger partial charge >= 0.3 is 0 Å². The van der Waals surface area contributed by atoms with E-state index in [1.54, 1.807) is 0 Å². The van der Waals surface area contributed by atoms with Crippen molar-refractivity contribution >= 4 is 5.91 Å². The van der Waals surface area contributed by atoms with Crippen LogP contribution in [0.5, 0.6) is 0 Å². The molecule has 0 aliphatic carbocycles. The van der Waals surface area contributed by atoms with Crippen LogP contribution in [0.2, 0.25) is 0 Å². The third-order valence-electron chi connectivity index (χ3n) is 4.13. The Kier molecular flexibility index (Phi) is 6.23. The molecular formula is C14H30N4O. The van der Waals surface area contributed by atoms with E-state index in [1.165, 1.54) is 0 Å². The molecule has 1 fully saturated rings. The number of rotatable bonds is 6. The van der Waals surface area contributed by atoms with Crippen molar-refractivity contribution in [3.63, 3.8) is 0 Å². The normalized spacial score (nSPS) is 22.2. The molecule has 0 saturated carbocycles. The lowest BCUT2D eigenvalue weighted by atomic mass is 9.97. The monoisotopic (exact) mass is 270 g/mol. The summed E-state index contributed by atoms with van der Waals surface area (Å²) < 4.78 is 0. The van der Waals surface area contributed by atoms with Gasteiger partial charge in [-0.1, -0.05) is 6.92 Å². The Hall–Kier alpha value is -0.650. The number of nitrogens with two attached hydrogens (primary N) is 1. The van der Waals surface area contributed by atoms with Crippen molar-refractivity contribution in [1.29, 1.82) is 0 Å². The Bertz CT molecular complexity index is 293. The van der Waals surface area contributed by atoms with E-state index in [4.69, 9.17) is 5.73 Å². The summed E-state index contributed by atoms with van der Waals surface area (Å²) in [6.07, 6.45) is 1.48. The summed E-state index contributed by atoms with van der Waals surface area (Å²) in [6, 6.07) is 0.157. The number of likely N-dealkylation sites (N-methyl/N-ethyl adjacent to an activating group) is 1. The third kappa shape index (κ3) is 4.75. The molecule has 0 aromatic heterocycles. The molecule has 1 heterocycles. The first-order valence-corrected chi connectivity index (χ1v) is 7.32. The highest BCUT2D eigenvalue weighted by Gasteiger charge is 2.34. The van der Waals surface area contributed by atoms with E-state index in [0.717, 1.165) is 32.6 Å². The van der Waals surface area contributed by atoms with Gasteiger partial charge in [0.25, 0.3) is 0 Å². The Labute approximate surface area is 117 Å². The molecule has 1 saturated heterocycles. The van der Waals surface area contributed by atoms with Gasteiger partial charge < -0.3 is 11.1 Å². The zero-order valence-corrected chi connectivity index (χ0v) is 12.9. The minimum absolute atomic E-state index is 0.119. The molecule has 0 aromatic carbocycles. The fourth-order valence-corrected chi connectivity index (χ4v) is 2.50. The van der Waals surface area contributed by atoms with Crippen molar-refractivity contribution in [2.24, 2.45) is 5.73 Å². The Morgan fingerprint density at radius 2 is 2.11 bits per heavy atom. The summed E-state index contributed by atoms with van der Waals surface area (Å²) in [4.78, 5) is 16.6. The minimum Gasteiger partial charge on any atom is -0.356 e. The van der Waals surface area contributed by atoms with Gasteiger partial charge in [-0.15, -0.1) is 0 Å². The van der Waals surface area contributed by atoms with Gasteiger partial charge in [0.1, 0.15) is 0 Å². The maximum absolute atomic E-state index is 11.8. The molecule has 1 amide bonds. The molecular weight excluding hydrogens is 240 g/mol. The van der Waals surface area contributed by atoms with Gasteiger partial charge in [0.15, 0.2) is 0 Å². The van der Waals surface area contributed by atoms with Gasteiger partial charge in [0.2, 0.25) is 5.91 Å². The average Bonchev–Trinajstić information content (AvgIpc) is 2.36. The lowest BCUT2D eigenvalue weighted by Gasteiger charge is -2.47. The van der Waals surface area contributed by atoms with Crippen molar-refractivity contribution in [1.82, 2.24) is 15.1 Å². The molecule has 19 heavy (non-hydrogen) atoms. The van der Waals surface area contributed by atoms with Crippen molar-refractivity contribution in [2.75, 3.05) is 39.8 Å². The molecule has 1 unspecified atom stereocenters. The lowest BCUT2D eigenvalue weighted by molar-refractivity contribution is -0.122. The average molecular weight is 270 g/mol. The fourth-order valence-electron chi connectivity index (χ4n) is 2.50. The van der Waals surface area contributed by atoms with Gasteiger partial charge in [-0.3, -0.25) is 14.6 Å². The maximum Gasteiger partial charge on any atom is 0.221 e. The molecule has 5 heteroatoms. The number of nitrogens with one attached hydrogen (secondary N) is 1. The van der Waals surface area contributed by atoms with Crippen LogP contribution >= 0.6 is 0 Å². The standard InChI is InChI=1S/C14H30N4O/c1-5-6-16-13(19)9-12(10-15)18-8-7-17(4)14(2,3)11-18/h12H,5-11,15H2,1-4H3,(H,16,19). The summed E-state index contributed by atoms with van der Waals surface area (Å²) in [6.45, 7) is 10.8. The fraction of sp³-hybridized carbons (Fsp3) is 0.929. The summed E-state index contributed by atoms with van der Waals surface area (Å²) in [5.41, 5.74) is 6.01. The molecule has 1 aliphatic rings. The van der Waals surface area contributed by atoms with Gasteiger partial charge in [-0.25, -0.2) is 0 Å². The van der Waals surface area contributed by atoms with Crippen LogP contribution in [-0.2, 0) is 4.79 Å². The summed E-state index contributed by atoms with van der Waals surface area (Å²) >= 11 is 0. The van der Waals surface area contributed by atoms with Crippen molar-refractivity contribution < 1.29 is 4.79 Å². The number of hydrogen-bond acceptors (Lipinski definition) is 4. The predicted molar refractivity (Wildman–Crippen MR) is 79.0 cm³/mol. The van der Waals surface area contributed by atoms with Gasteiger partial charge in [-0.05, 0) is 27.3 Å². The van der Waals surface area contributed by atoms with E-state index in [1.807, 2.05) is 0 Å². The van der Waals surface area contributed by atoms with E-state index < -0.39 is 0 Å². The topological polar surface area (TPSA) is 61.6 Å². The molecule has 3 N–H and O–H groups in total.